The number of carbonyl (C=O) groups is 1. The van der Waals surface area contributed by atoms with E-state index in [4.69, 9.17) is 0 Å². The summed E-state index contributed by atoms with van der Waals surface area (Å²) in [5.41, 5.74) is -0.132. The molecular formula is C22H20F3N3O5S2. The van der Waals surface area contributed by atoms with Crippen LogP contribution in [0.25, 0.3) is 0 Å². The van der Waals surface area contributed by atoms with Gasteiger partial charge in [0.25, 0.3) is 10.0 Å². The van der Waals surface area contributed by atoms with Gasteiger partial charge in [0.15, 0.2) is 9.84 Å². The van der Waals surface area contributed by atoms with E-state index in [2.05, 4.69) is 15.4 Å². The Morgan fingerprint density at radius 3 is 1.83 bits per heavy atom. The fourth-order valence-corrected chi connectivity index (χ4v) is 4.94. The van der Waals surface area contributed by atoms with Gasteiger partial charge in [-0.25, -0.2) is 21.6 Å². The lowest BCUT2D eigenvalue weighted by atomic mass is 10.2. The van der Waals surface area contributed by atoms with Gasteiger partial charge in [0.05, 0.1) is 15.4 Å². The molecule has 0 spiro atoms. The molecule has 3 aromatic rings. The Morgan fingerprint density at radius 2 is 1.29 bits per heavy atom. The van der Waals surface area contributed by atoms with Crippen molar-refractivity contribution >= 4 is 43.0 Å². The van der Waals surface area contributed by atoms with E-state index in [0.29, 0.717) is 5.56 Å². The number of rotatable bonds is 6. The first-order chi connectivity index (χ1) is 16.1. The Bertz CT molecular complexity index is 1450. The van der Waals surface area contributed by atoms with Gasteiger partial charge < -0.3 is 10.6 Å². The maximum atomic E-state index is 12.9. The smallest absolute Gasteiger partial charge is 0.308 e. The number of anilines is 3. The lowest BCUT2D eigenvalue weighted by molar-refractivity contribution is -0.137. The number of carbonyl (C=O) groups excluding carboxylic acids is 1. The molecule has 0 aliphatic rings. The molecule has 0 saturated heterocycles. The Hall–Kier alpha value is -3.58. The average molecular weight is 528 g/mol. The van der Waals surface area contributed by atoms with Crippen molar-refractivity contribution in [1.82, 2.24) is 0 Å². The molecule has 2 amide bonds. The molecule has 0 unspecified atom stereocenters. The van der Waals surface area contributed by atoms with E-state index in [1.165, 1.54) is 42.5 Å². The SMILES string of the molecule is Cc1ccc(NC(=O)Nc2ccc(C(F)(F)F)cc2)cc1S(=O)(=O)Nc1ccc(S(C)(=O)=O)cc1. The number of halogens is 3. The van der Waals surface area contributed by atoms with E-state index in [1.54, 1.807) is 6.92 Å². The van der Waals surface area contributed by atoms with Gasteiger partial charge in [-0.15, -0.1) is 0 Å². The molecule has 35 heavy (non-hydrogen) atoms. The van der Waals surface area contributed by atoms with E-state index < -0.39 is 37.6 Å². The average Bonchev–Trinajstić information content (AvgIpc) is 2.74. The van der Waals surface area contributed by atoms with Crippen LogP contribution in [0.2, 0.25) is 0 Å². The van der Waals surface area contributed by atoms with Gasteiger partial charge in [-0.2, -0.15) is 13.2 Å². The second-order valence-electron chi connectivity index (χ2n) is 7.54. The van der Waals surface area contributed by atoms with Crippen LogP contribution in [-0.4, -0.2) is 29.1 Å². The fraction of sp³-hybridized carbons (Fsp3) is 0.136. The van der Waals surface area contributed by atoms with Gasteiger partial charge in [-0.3, -0.25) is 4.72 Å². The lowest BCUT2D eigenvalue weighted by Gasteiger charge is -2.14. The topological polar surface area (TPSA) is 121 Å². The summed E-state index contributed by atoms with van der Waals surface area (Å²) >= 11 is 0. The summed E-state index contributed by atoms with van der Waals surface area (Å²) in [4.78, 5) is 12.1. The van der Waals surface area contributed by atoms with Crippen LogP contribution in [0.15, 0.2) is 76.5 Å². The summed E-state index contributed by atoms with van der Waals surface area (Å²) in [7, 11) is -7.55. The number of benzene rings is 3. The molecule has 3 aromatic carbocycles. The molecule has 186 valence electrons. The lowest BCUT2D eigenvalue weighted by Crippen LogP contribution is -2.20. The fourth-order valence-electron chi connectivity index (χ4n) is 2.98. The molecule has 8 nitrogen and oxygen atoms in total. The highest BCUT2D eigenvalue weighted by molar-refractivity contribution is 7.92. The molecular weight excluding hydrogens is 507 g/mol. The van der Waals surface area contributed by atoms with Crippen molar-refractivity contribution < 1.29 is 34.8 Å². The summed E-state index contributed by atoms with van der Waals surface area (Å²) in [6.45, 7) is 1.55. The van der Waals surface area contributed by atoms with Crippen LogP contribution in [0.5, 0.6) is 0 Å². The quantitative estimate of drug-likeness (QED) is 0.423. The number of sulfone groups is 1. The van der Waals surface area contributed by atoms with Crippen molar-refractivity contribution in [3.05, 3.63) is 77.9 Å². The molecule has 0 fully saturated rings. The zero-order valence-electron chi connectivity index (χ0n) is 18.3. The first-order valence-corrected chi connectivity index (χ1v) is 13.2. The van der Waals surface area contributed by atoms with E-state index in [0.717, 1.165) is 30.5 Å². The van der Waals surface area contributed by atoms with Crippen LogP contribution < -0.4 is 15.4 Å². The van der Waals surface area contributed by atoms with Gasteiger partial charge in [0.2, 0.25) is 0 Å². The molecule has 0 aromatic heterocycles. The maximum Gasteiger partial charge on any atom is 0.416 e. The molecule has 0 saturated carbocycles. The van der Waals surface area contributed by atoms with Crippen LogP contribution in [0.4, 0.5) is 35.0 Å². The molecule has 0 aliphatic carbocycles. The number of hydrogen-bond acceptors (Lipinski definition) is 5. The minimum atomic E-state index is -4.51. The second kappa shape index (κ2) is 9.58. The molecule has 0 heterocycles. The zero-order chi connectivity index (χ0) is 26.0. The Kier molecular flexibility index (Phi) is 7.13. The number of alkyl halides is 3. The molecule has 0 atom stereocenters. The summed E-state index contributed by atoms with van der Waals surface area (Å²) in [6.07, 6.45) is -3.48. The molecule has 0 radical (unpaired) electrons. The van der Waals surface area contributed by atoms with Gasteiger partial charge in [0.1, 0.15) is 0 Å². The highest BCUT2D eigenvalue weighted by Gasteiger charge is 2.30. The Labute approximate surface area is 200 Å². The summed E-state index contributed by atoms with van der Waals surface area (Å²) in [5, 5.41) is 4.80. The standard InChI is InChI=1S/C22H20F3N3O5S2/c1-14-3-6-18(27-21(29)26-16-7-4-15(5-8-16)22(23,24)25)13-20(14)35(32,33)28-17-9-11-19(12-10-17)34(2,30)31/h3-13,28H,1-2H3,(H2,26,27,29). The molecule has 0 bridgehead atoms. The molecule has 3 N–H and O–H groups in total. The monoisotopic (exact) mass is 527 g/mol. The van der Waals surface area contributed by atoms with Gasteiger partial charge in [-0.05, 0) is 73.2 Å². The van der Waals surface area contributed by atoms with Crippen molar-refractivity contribution in [3.63, 3.8) is 0 Å². The van der Waals surface area contributed by atoms with E-state index in [9.17, 15) is 34.8 Å². The van der Waals surface area contributed by atoms with Gasteiger partial charge in [0, 0.05) is 23.3 Å². The summed E-state index contributed by atoms with van der Waals surface area (Å²) in [5.74, 6) is 0. The van der Waals surface area contributed by atoms with E-state index in [-0.39, 0.29) is 26.9 Å². The van der Waals surface area contributed by atoms with Crippen molar-refractivity contribution in [2.24, 2.45) is 0 Å². The Morgan fingerprint density at radius 1 is 0.771 bits per heavy atom. The van der Waals surface area contributed by atoms with Crippen molar-refractivity contribution in [2.45, 2.75) is 22.9 Å². The van der Waals surface area contributed by atoms with E-state index in [1.807, 2.05) is 0 Å². The van der Waals surface area contributed by atoms with Gasteiger partial charge >= 0.3 is 12.2 Å². The number of nitrogens with one attached hydrogen (secondary N) is 3. The molecule has 0 aliphatic heterocycles. The first kappa shape index (κ1) is 26.0. The minimum Gasteiger partial charge on any atom is -0.308 e. The number of urea groups is 1. The predicted molar refractivity (Wildman–Crippen MR) is 126 cm³/mol. The van der Waals surface area contributed by atoms with Gasteiger partial charge in [-0.1, -0.05) is 6.07 Å². The van der Waals surface area contributed by atoms with E-state index >= 15 is 0 Å². The second-order valence-corrected chi connectivity index (χ2v) is 11.2. The van der Waals surface area contributed by atoms with Crippen LogP contribution >= 0.6 is 0 Å². The minimum absolute atomic E-state index is 0.0295. The largest absolute Gasteiger partial charge is 0.416 e. The number of amides is 2. The third-order valence-electron chi connectivity index (χ3n) is 4.74. The highest BCUT2D eigenvalue weighted by Crippen LogP contribution is 2.30. The van der Waals surface area contributed by atoms with Crippen LogP contribution in [0, 0.1) is 6.92 Å². The van der Waals surface area contributed by atoms with Crippen LogP contribution in [-0.2, 0) is 26.0 Å². The molecule has 3 rings (SSSR count). The number of aryl methyl sites for hydroxylation is 1. The summed E-state index contributed by atoms with van der Waals surface area (Å²) in [6, 6.07) is 12.3. The highest BCUT2D eigenvalue weighted by atomic mass is 32.2. The van der Waals surface area contributed by atoms with Crippen molar-refractivity contribution in [2.75, 3.05) is 21.6 Å². The third kappa shape index (κ3) is 6.73. The Balaban J connectivity index is 1.74. The number of hydrogen-bond donors (Lipinski definition) is 3. The van der Waals surface area contributed by atoms with Crippen LogP contribution in [0.1, 0.15) is 11.1 Å². The van der Waals surface area contributed by atoms with Crippen molar-refractivity contribution in [3.8, 4) is 0 Å². The molecule has 13 heteroatoms. The predicted octanol–water partition coefficient (Wildman–Crippen LogP) is 4.86. The van der Waals surface area contributed by atoms with Crippen molar-refractivity contribution in [1.29, 1.82) is 0 Å². The first-order valence-electron chi connectivity index (χ1n) is 9.84. The maximum absolute atomic E-state index is 12.9. The van der Waals surface area contributed by atoms with Crippen LogP contribution in [0.3, 0.4) is 0 Å². The zero-order valence-corrected chi connectivity index (χ0v) is 20.0. The third-order valence-corrected chi connectivity index (χ3v) is 7.39. The summed E-state index contributed by atoms with van der Waals surface area (Å²) < 4.78 is 89.3. The normalized spacial score (nSPS) is 12.1. The number of sulfonamides is 1.